The zero-order chi connectivity index (χ0) is 13.3. The molecule has 1 atom stereocenters. The summed E-state index contributed by atoms with van der Waals surface area (Å²) in [6, 6.07) is 5.25. The van der Waals surface area contributed by atoms with Crippen molar-refractivity contribution < 1.29 is 8.42 Å². The summed E-state index contributed by atoms with van der Waals surface area (Å²) in [6.45, 7) is 2.05. The van der Waals surface area contributed by atoms with Gasteiger partial charge in [-0.25, -0.2) is 13.4 Å². The molecule has 98 valence electrons. The second kappa shape index (κ2) is 4.70. The lowest BCUT2D eigenvalue weighted by atomic mass is 10.2. The molecule has 0 aliphatic heterocycles. The average molecular weight is 267 g/mol. The van der Waals surface area contributed by atoms with Crippen LogP contribution in [0.4, 0.5) is 0 Å². The lowest BCUT2D eigenvalue weighted by molar-refractivity contribution is 0.551. The Bertz CT molecular complexity index is 657. The highest BCUT2D eigenvalue weighted by molar-refractivity contribution is 7.91. The van der Waals surface area contributed by atoms with Crippen molar-refractivity contribution in [2.45, 2.75) is 24.3 Å². The molecule has 0 amide bonds. The Kier molecular flexibility index (Phi) is 3.41. The molecule has 0 fully saturated rings. The van der Waals surface area contributed by atoms with Gasteiger partial charge in [0.25, 0.3) is 0 Å². The van der Waals surface area contributed by atoms with Crippen molar-refractivity contribution in [3.63, 3.8) is 0 Å². The molecule has 0 aliphatic carbocycles. The smallest absolute Gasteiger partial charge is 0.177 e. The van der Waals surface area contributed by atoms with Crippen LogP contribution in [0.3, 0.4) is 0 Å². The predicted molar refractivity (Wildman–Crippen MR) is 71.3 cm³/mol. The monoisotopic (exact) mass is 267 g/mol. The molecule has 5 nitrogen and oxygen atoms in total. The Morgan fingerprint density at radius 3 is 2.72 bits per heavy atom. The van der Waals surface area contributed by atoms with Crippen LogP contribution in [0.1, 0.15) is 25.2 Å². The summed E-state index contributed by atoms with van der Waals surface area (Å²) in [5, 5.41) is 3.14. The van der Waals surface area contributed by atoms with E-state index in [9.17, 15) is 8.42 Å². The maximum absolute atomic E-state index is 11.7. The van der Waals surface area contributed by atoms with Crippen molar-refractivity contribution >= 4 is 20.9 Å². The highest BCUT2D eigenvalue weighted by Gasteiger charge is 2.17. The van der Waals surface area contributed by atoms with Gasteiger partial charge in [0.15, 0.2) is 9.84 Å². The van der Waals surface area contributed by atoms with Crippen LogP contribution in [0.25, 0.3) is 11.0 Å². The fourth-order valence-electron chi connectivity index (χ4n) is 2.02. The fraction of sp³-hybridized carbons (Fsp3) is 0.417. The lowest BCUT2D eigenvalue weighted by Crippen LogP contribution is -2.16. The van der Waals surface area contributed by atoms with Gasteiger partial charge in [-0.05, 0) is 25.6 Å². The van der Waals surface area contributed by atoms with Crippen molar-refractivity contribution in [3.8, 4) is 0 Å². The Labute approximate surface area is 107 Å². The fourth-order valence-corrected chi connectivity index (χ4v) is 2.86. The Morgan fingerprint density at radius 1 is 1.44 bits per heavy atom. The van der Waals surface area contributed by atoms with Crippen LogP contribution in [0.15, 0.2) is 23.1 Å². The molecule has 2 rings (SSSR count). The topological polar surface area (TPSA) is 74.8 Å². The number of rotatable bonds is 4. The van der Waals surface area contributed by atoms with Gasteiger partial charge >= 0.3 is 0 Å². The summed E-state index contributed by atoms with van der Waals surface area (Å²) < 4.78 is 23.4. The number of sulfone groups is 1. The Balaban J connectivity index is 2.65. The molecule has 0 radical (unpaired) electrons. The Morgan fingerprint density at radius 2 is 2.17 bits per heavy atom. The minimum Gasteiger partial charge on any atom is -0.341 e. The van der Waals surface area contributed by atoms with E-state index in [1.54, 1.807) is 12.1 Å². The SMILES string of the molecule is CCC(NC)c1nc2c(S(C)(=O)=O)cccc2[nH]1. The van der Waals surface area contributed by atoms with Gasteiger partial charge in [-0.1, -0.05) is 13.0 Å². The first kappa shape index (κ1) is 13.0. The molecular formula is C12H17N3O2S. The van der Waals surface area contributed by atoms with Crippen LogP contribution in [-0.2, 0) is 9.84 Å². The first-order valence-corrected chi connectivity index (χ1v) is 7.72. The van der Waals surface area contributed by atoms with Gasteiger partial charge in [-0.3, -0.25) is 0 Å². The van der Waals surface area contributed by atoms with Crippen molar-refractivity contribution in [1.29, 1.82) is 0 Å². The second-order valence-corrected chi connectivity index (χ2v) is 6.28. The van der Waals surface area contributed by atoms with E-state index in [2.05, 4.69) is 15.3 Å². The number of benzene rings is 1. The number of nitrogens with one attached hydrogen (secondary N) is 2. The summed E-state index contributed by atoms with van der Waals surface area (Å²) in [5.74, 6) is 0.770. The summed E-state index contributed by atoms with van der Waals surface area (Å²) >= 11 is 0. The van der Waals surface area contributed by atoms with E-state index in [0.29, 0.717) is 5.52 Å². The highest BCUT2D eigenvalue weighted by atomic mass is 32.2. The molecule has 1 heterocycles. The molecule has 2 N–H and O–H groups in total. The molecule has 1 aromatic heterocycles. The molecule has 2 aromatic rings. The van der Waals surface area contributed by atoms with Gasteiger partial charge in [0.2, 0.25) is 0 Å². The van der Waals surface area contributed by atoms with Crippen molar-refractivity contribution in [2.75, 3.05) is 13.3 Å². The molecule has 0 spiro atoms. The predicted octanol–water partition coefficient (Wildman–Crippen LogP) is 1.64. The minimum atomic E-state index is -3.26. The van der Waals surface area contributed by atoms with Gasteiger partial charge < -0.3 is 10.3 Å². The normalized spacial score (nSPS) is 13.9. The van der Waals surface area contributed by atoms with E-state index in [1.807, 2.05) is 20.0 Å². The third-order valence-corrected chi connectivity index (χ3v) is 4.11. The zero-order valence-corrected chi connectivity index (χ0v) is 11.5. The van der Waals surface area contributed by atoms with E-state index in [4.69, 9.17) is 0 Å². The molecule has 0 aliphatic rings. The number of para-hydroxylation sites is 1. The van der Waals surface area contributed by atoms with E-state index in [0.717, 1.165) is 17.8 Å². The van der Waals surface area contributed by atoms with Crippen LogP contribution in [0.2, 0.25) is 0 Å². The van der Waals surface area contributed by atoms with E-state index in [-0.39, 0.29) is 10.9 Å². The molecule has 0 bridgehead atoms. The number of fused-ring (bicyclic) bond motifs is 1. The van der Waals surface area contributed by atoms with Gasteiger partial charge in [0.1, 0.15) is 11.3 Å². The maximum Gasteiger partial charge on any atom is 0.177 e. The van der Waals surface area contributed by atoms with Crippen molar-refractivity contribution in [1.82, 2.24) is 15.3 Å². The molecule has 0 saturated heterocycles. The molecule has 6 heteroatoms. The quantitative estimate of drug-likeness (QED) is 0.883. The lowest BCUT2D eigenvalue weighted by Gasteiger charge is -2.09. The third-order valence-electron chi connectivity index (χ3n) is 2.98. The maximum atomic E-state index is 11.7. The van der Waals surface area contributed by atoms with Crippen LogP contribution >= 0.6 is 0 Å². The van der Waals surface area contributed by atoms with Crippen molar-refractivity contribution in [3.05, 3.63) is 24.0 Å². The molecule has 1 aromatic carbocycles. The van der Waals surface area contributed by atoms with E-state index >= 15 is 0 Å². The zero-order valence-electron chi connectivity index (χ0n) is 10.7. The van der Waals surface area contributed by atoms with Crippen LogP contribution < -0.4 is 5.32 Å². The molecular weight excluding hydrogens is 250 g/mol. The Hall–Kier alpha value is -1.40. The number of aromatic amines is 1. The molecule has 1 unspecified atom stereocenters. The number of imidazole rings is 1. The number of hydrogen-bond donors (Lipinski definition) is 2. The minimum absolute atomic E-state index is 0.102. The van der Waals surface area contributed by atoms with Gasteiger partial charge in [-0.2, -0.15) is 0 Å². The van der Waals surface area contributed by atoms with Crippen LogP contribution in [-0.4, -0.2) is 31.7 Å². The number of hydrogen-bond acceptors (Lipinski definition) is 4. The van der Waals surface area contributed by atoms with E-state index in [1.165, 1.54) is 6.26 Å². The van der Waals surface area contributed by atoms with Gasteiger partial charge in [0, 0.05) is 6.26 Å². The molecule has 18 heavy (non-hydrogen) atoms. The van der Waals surface area contributed by atoms with Gasteiger partial charge in [0.05, 0.1) is 16.5 Å². The van der Waals surface area contributed by atoms with Gasteiger partial charge in [-0.15, -0.1) is 0 Å². The van der Waals surface area contributed by atoms with Crippen molar-refractivity contribution in [2.24, 2.45) is 0 Å². The average Bonchev–Trinajstić information content (AvgIpc) is 2.72. The summed E-state index contributed by atoms with van der Waals surface area (Å²) in [6.07, 6.45) is 2.08. The largest absolute Gasteiger partial charge is 0.341 e. The molecule has 0 saturated carbocycles. The first-order chi connectivity index (χ1) is 8.47. The van der Waals surface area contributed by atoms with Crippen LogP contribution in [0, 0.1) is 0 Å². The summed E-state index contributed by atoms with van der Waals surface area (Å²) in [4.78, 5) is 7.87. The number of nitrogens with zero attached hydrogens (tertiary/aromatic N) is 1. The first-order valence-electron chi connectivity index (χ1n) is 5.83. The van der Waals surface area contributed by atoms with E-state index < -0.39 is 9.84 Å². The third kappa shape index (κ3) is 2.26. The summed E-state index contributed by atoms with van der Waals surface area (Å²) in [5.41, 5.74) is 1.27. The summed E-state index contributed by atoms with van der Waals surface area (Å²) in [7, 11) is -1.40. The number of H-pyrrole nitrogens is 1. The standard InChI is InChI=1S/C12H17N3O2S/c1-4-8(13-2)12-14-9-6-5-7-10(11(9)15-12)18(3,16)17/h5-8,13H,4H2,1-3H3,(H,14,15). The van der Waals surface area contributed by atoms with Crippen LogP contribution in [0.5, 0.6) is 0 Å². The number of aromatic nitrogens is 2. The highest BCUT2D eigenvalue weighted by Crippen LogP contribution is 2.23. The second-order valence-electron chi connectivity index (χ2n) is 4.30.